The van der Waals surface area contributed by atoms with Gasteiger partial charge in [-0.05, 0) is 35.7 Å². The molecule has 0 aliphatic rings. The Morgan fingerprint density at radius 3 is 2.65 bits per heavy atom. The van der Waals surface area contributed by atoms with Gasteiger partial charge in [-0.25, -0.2) is 0 Å². The Morgan fingerprint density at radius 2 is 1.92 bits per heavy atom. The minimum absolute atomic E-state index is 0.788. The van der Waals surface area contributed by atoms with E-state index in [1.54, 1.807) is 7.11 Å². The molecule has 0 atom stereocenters. The first-order valence-electron chi connectivity index (χ1n) is 8.81. The normalized spacial score (nSPS) is 11.6. The molecule has 5 heteroatoms. The number of H-pyrrole nitrogens is 1. The quantitative estimate of drug-likeness (QED) is 0.529. The molecule has 2 aromatic carbocycles. The fraction of sp³-hybridized carbons (Fsp3) is 0.286. The molecule has 0 spiro atoms. The lowest BCUT2D eigenvalue weighted by atomic mass is 10.1. The number of rotatable bonds is 6. The molecule has 1 heterocycles. The van der Waals surface area contributed by atoms with Crippen LogP contribution in [0.1, 0.15) is 11.1 Å². The van der Waals surface area contributed by atoms with Crippen LogP contribution in [-0.2, 0) is 13.0 Å². The maximum atomic E-state index is 5.21. The molecule has 136 valence electrons. The Morgan fingerprint density at radius 1 is 1.15 bits per heavy atom. The number of nitrogens with one attached hydrogen (secondary N) is 2. The molecule has 2 N–H and O–H groups in total. The standard InChI is InChI=1S/C21H26N4O/c1-22-21(25(2)15-16-8-10-18(26-3)11-9-16)23-13-12-17-14-24-20-7-5-4-6-19(17)20/h4-11,14,24H,12-13,15H2,1-3H3,(H,22,23). The summed E-state index contributed by atoms with van der Waals surface area (Å²) in [7, 11) is 5.55. The summed E-state index contributed by atoms with van der Waals surface area (Å²) in [4.78, 5) is 9.85. The van der Waals surface area contributed by atoms with Crippen LogP contribution in [-0.4, -0.2) is 43.6 Å². The smallest absolute Gasteiger partial charge is 0.193 e. The van der Waals surface area contributed by atoms with Crippen molar-refractivity contribution < 1.29 is 4.74 Å². The van der Waals surface area contributed by atoms with E-state index in [0.29, 0.717) is 0 Å². The van der Waals surface area contributed by atoms with Gasteiger partial charge in [0.25, 0.3) is 0 Å². The largest absolute Gasteiger partial charge is 0.497 e. The minimum atomic E-state index is 0.788. The van der Waals surface area contributed by atoms with Gasteiger partial charge in [0.1, 0.15) is 5.75 Å². The van der Waals surface area contributed by atoms with E-state index >= 15 is 0 Å². The number of hydrogen-bond donors (Lipinski definition) is 2. The van der Waals surface area contributed by atoms with Crippen LogP contribution in [0.2, 0.25) is 0 Å². The van der Waals surface area contributed by atoms with Crippen LogP contribution in [0.25, 0.3) is 10.9 Å². The zero-order valence-electron chi connectivity index (χ0n) is 15.6. The molecule has 0 aliphatic heterocycles. The van der Waals surface area contributed by atoms with Gasteiger partial charge >= 0.3 is 0 Å². The zero-order chi connectivity index (χ0) is 18.4. The summed E-state index contributed by atoms with van der Waals surface area (Å²) in [6.45, 7) is 1.62. The fourth-order valence-electron chi connectivity index (χ4n) is 3.11. The van der Waals surface area contributed by atoms with E-state index < -0.39 is 0 Å². The molecule has 0 bridgehead atoms. The molecule has 0 amide bonds. The van der Waals surface area contributed by atoms with Crippen molar-refractivity contribution in [2.75, 3.05) is 27.7 Å². The third-order valence-electron chi connectivity index (χ3n) is 4.50. The second-order valence-electron chi connectivity index (χ2n) is 6.29. The van der Waals surface area contributed by atoms with Gasteiger partial charge in [-0.2, -0.15) is 0 Å². The van der Waals surface area contributed by atoms with Crippen molar-refractivity contribution in [1.82, 2.24) is 15.2 Å². The van der Waals surface area contributed by atoms with E-state index in [0.717, 1.165) is 31.2 Å². The van der Waals surface area contributed by atoms with Crippen molar-refractivity contribution >= 4 is 16.9 Å². The third kappa shape index (κ3) is 4.17. The van der Waals surface area contributed by atoms with E-state index in [1.807, 2.05) is 26.2 Å². The van der Waals surface area contributed by atoms with Crippen LogP contribution < -0.4 is 10.1 Å². The average molecular weight is 350 g/mol. The summed E-state index contributed by atoms with van der Waals surface area (Å²) >= 11 is 0. The first kappa shape index (κ1) is 17.9. The zero-order valence-corrected chi connectivity index (χ0v) is 15.6. The van der Waals surface area contributed by atoms with Crippen LogP contribution in [0.4, 0.5) is 0 Å². The maximum Gasteiger partial charge on any atom is 0.193 e. The van der Waals surface area contributed by atoms with Crippen LogP contribution >= 0.6 is 0 Å². The number of benzene rings is 2. The van der Waals surface area contributed by atoms with Crippen molar-refractivity contribution in [2.45, 2.75) is 13.0 Å². The summed E-state index contributed by atoms with van der Waals surface area (Å²) in [6.07, 6.45) is 3.04. The second-order valence-corrected chi connectivity index (χ2v) is 6.29. The number of ether oxygens (including phenoxy) is 1. The summed E-state index contributed by atoms with van der Waals surface area (Å²) in [6, 6.07) is 16.5. The molecule has 0 fully saturated rings. The molecule has 0 radical (unpaired) electrons. The first-order chi connectivity index (χ1) is 12.7. The van der Waals surface area contributed by atoms with Crippen LogP contribution in [0.15, 0.2) is 59.7 Å². The van der Waals surface area contributed by atoms with E-state index in [4.69, 9.17) is 4.74 Å². The monoisotopic (exact) mass is 350 g/mol. The van der Waals surface area contributed by atoms with Crippen molar-refractivity contribution in [3.63, 3.8) is 0 Å². The highest BCUT2D eigenvalue weighted by Gasteiger charge is 2.08. The van der Waals surface area contributed by atoms with Crippen molar-refractivity contribution in [3.05, 3.63) is 65.9 Å². The molecule has 3 aromatic rings. The first-order valence-corrected chi connectivity index (χ1v) is 8.81. The van der Waals surface area contributed by atoms with Crippen molar-refractivity contribution in [1.29, 1.82) is 0 Å². The summed E-state index contributed by atoms with van der Waals surface area (Å²) in [5.41, 5.74) is 3.72. The number of aromatic nitrogens is 1. The molecular formula is C21H26N4O. The number of methoxy groups -OCH3 is 1. The Kier molecular flexibility index (Phi) is 5.79. The molecule has 3 rings (SSSR count). The number of fused-ring (bicyclic) bond motifs is 1. The number of para-hydroxylation sites is 1. The van der Waals surface area contributed by atoms with Gasteiger partial charge in [0.05, 0.1) is 7.11 Å². The Balaban J connectivity index is 1.55. The summed E-state index contributed by atoms with van der Waals surface area (Å²) < 4.78 is 5.21. The predicted molar refractivity (Wildman–Crippen MR) is 108 cm³/mol. The van der Waals surface area contributed by atoms with E-state index in [9.17, 15) is 0 Å². The Labute approximate surface area is 154 Å². The van der Waals surface area contributed by atoms with Gasteiger partial charge in [-0.1, -0.05) is 30.3 Å². The van der Waals surface area contributed by atoms with Crippen LogP contribution in [0.5, 0.6) is 5.75 Å². The van der Waals surface area contributed by atoms with Gasteiger partial charge in [0.15, 0.2) is 5.96 Å². The lowest BCUT2D eigenvalue weighted by Crippen LogP contribution is -2.39. The SMILES string of the molecule is CN=C(NCCc1c[nH]c2ccccc12)N(C)Cc1ccc(OC)cc1. The highest BCUT2D eigenvalue weighted by molar-refractivity contribution is 5.83. The number of hydrogen-bond acceptors (Lipinski definition) is 2. The number of guanidine groups is 1. The van der Waals surface area contributed by atoms with Crippen molar-refractivity contribution in [3.8, 4) is 5.75 Å². The summed E-state index contributed by atoms with van der Waals surface area (Å²) in [5.74, 6) is 1.76. The molecule has 1 aromatic heterocycles. The topological polar surface area (TPSA) is 52.7 Å². The fourth-order valence-corrected chi connectivity index (χ4v) is 3.11. The molecule has 0 unspecified atom stereocenters. The molecule has 5 nitrogen and oxygen atoms in total. The van der Waals surface area contributed by atoms with Crippen LogP contribution in [0.3, 0.4) is 0 Å². The molecule has 26 heavy (non-hydrogen) atoms. The number of aromatic amines is 1. The van der Waals surface area contributed by atoms with Crippen LogP contribution in [0, 0.1) is 0 Å². The van der Waals surface area contributed by atoms with Gasteiger partial charge in [0, 0.05) is 44.3 Å². The minimum Gasteiger partial charge on any atom is -0.497 e. The van der Waals surface area contributed by atoms with Gasteiger partial charge in [-0.3, -0.25) is 4.99 Å². The molecule has 0 saturated carbocycles. The maximum absolute atomic E-state index is 5.21. The Bertz CT molecular complexity index is 867. The average Bonchev–Trinajstić information content (AvgIpc) is 3.09. The predicted octanol–water partition coefficient (Wildman–Crippen LogP) is 3.43. The highest BCUT2D eigenvalue weighted by Crippen LogP contribution is 2.17. The third-order valence-corrected chi connectivity index (χ3v) is 4.50. The van der Waals surface area contributed by atoms with Gasteiger partial charge < -0.3 is 19.9 Å². The van der Waals surface area contributed by atoms with E-state index in [2.05, 4.69) is 62.8 Å². The molecule has 0 aliphatic carbocycles. The highest BCUT2D eigenvalue weighted by atomic mass is 16.5. The van der Waals surface area contributed by atoms with E-state index in [-0.39, 0.29) is 0 Å². The van der Waals surface area contributed by atoms with Gasteiger partial charge in [0.2, 0.25) is 0 Å². The lowest BCUT2D eigenvalue weighted by Gasteiger charge is -2.22. The molecular weight excluding hydrogens is 324 g/mol. The van der Waals surface area contributed by atoms with Gasteiger partial charge in [-0.15, -0.1) is 0 Å². The molecule has 0 saturated heterocycles. The van der Waals surface area contributed by atoms with Crippen molar-refractivity contribution in [2.24, 2.45) is 4.99 Å². The lowest BCUT2D eigenvalue weighted by molar-refractivity contribution is 0.414. The summed E-state index contributed by atoms with van der Waals surface area (Å²) in [5, 5.41) is 4.74. The Hall–Kier alpha value is -2.95. The number of nitrogens with zero attached hydrogens (tertiary/aromatic N) is 2. The number of aliphatic imine (C=N–C) groups is 1. The second kappa shape index (κ2) is 8.43. The van der Waals surface area contributed by atoms with E-state index in [1.165, 1.54) is 22.0 Å².